The van der Waals surface area contributed by atoms with Gasteiger partial charge in [-0.1, -0.05) is 18.5 Å². The number of thioether (sulfide) groups is 1. The minimum absolute atomic E-state index is 0.0155. The average Bonchev–Trinajstić information content (AvgIpc) is 2.48. The Balaban J connectivity index is 2.34. The predicted octanol–water partition coefficient (Wildman–Crippen LogP) is 3.40. The van der Waals surface area contributed by atoms with Crippen molar-refractivity contribution in [2.24, 2.45) is 0 Å². The summed E-state index contributed by atoms with van der Waals surface area (Å²) in [7, 11) is 0. The van der Waals surface area contributed by atoms with E-state index in [0.717, 1.165) is 5.75 Å². The lowest BCUT2D eigenvalue weighted by atomic mass is 10.2. The van der Waals surface area contributed by atoms with Crippen molar-refractivity contribution in [3.05, 3.63) is 51.3 Å². The summed E-state index contributed by atoms with van der Waals surface area (Å²) < 4.78 is 0. The molecule has 0 saturated heterocycles. The van der Waals surface area contributed by atoms with Crippen LogP contribution in [0.1, 0.15) is 17.3 Å². The van der Waals surface area contributed by atoms with E-state index in [1.807, 2.05) is 6.92 Å². The Hall–Kier alpha value is -2.19. The molecule has 0 aliphatic carbocycles. The highest BCUT2D eigenvalue weighted by Crippen LogP contribution is 2.27. The molecule has 0 spiro atoms. The number of amides is 1. The number of aromatic nitrogens is 2. The van der Waals surface area contributed by atoms with Gasteiger partial charge in [0.05, 0.1) is 15.5 Å². The van der Waals surface area contributed by atoms with E-state index in [4.69, 9.17) is 11.6 Å². The van der Waals surface area contributed by atoms with Crippen molar-refractivity contribution in [3.8, 4) is 0 Å². The van der Waals surface area contributed by atoms with Crippen molar-refractivity contribution < 1.29 is 9.72 Å². The molecule has 0 aliphatic rings. The third kappa shape index (κ3) is 3.71. The maximum atomic E-state index is 12.2. The highest BCUT2D eigenvalue weighted by atomic mass is 35.5. The predicted molar refractivity (Wildman–Crippen MR) is 84.5 cm³/mol. The fourth-order valence-corrected chi connectivity index (χ4v) is 2.45. The van der Waals surface area contributed by atoms with Crippen molar-refractivity contribution in [2.45, 2.75) is 11.9 Å². The van der Waals surface area contributed by atoms with E-state index in [1.54, 1.807) is 12.1 Å². The molecule has 2 rings (SSSR count). The number of halogens is 1. The summed E-state index contributed by atoms with van der Waals surface area (Å²) >= 11 is 7.25. The van der Waals surface area contributed by atoms with Gasteiger partial charge in [-0.25, -0.2) is 9.97 Å². The zero-order valence-corrected chi connectivity index (χ0v) is 13.0. The summed E-state index contributed by atoms with van der Waals surface area (Å²) in [6, 6.07) is 5.87. The minimum Gasteiger partial charge on any atom is -0.301 e. The first-order chi connectivity index (χ1) is 10.5. The second-order valence-corrected chi connectivity index (χ2v) is 5.65. The summed E-state index contributed by atoms with van der Waals surface area (Å²) in [5, 5.41) is 14.1. The number of hydrogen-bond donors (Lipinski definition) is 1. The molecule has 0 unspecified atom stereocenters. The normalized spacial score (nSPS) is 10.3. The maximum Gasteiger partial charge on any atom is 0.311 e. The molecule has 7 nitrogen and oxygen atoms in total. The van der Waals surface area contributed by atoms with Crippen molar-refractivity contribution in [2.75, 3.05) is 11.1 Å². The molecular formula is C13H11ClN4O3S. The standard InChI is InChI=1S/C13H11ClN4O3S/c1-2-22-10-6-5-9(18(20)21)12(16-10)17-13(19)8-4-3-7-15-11(8)14/h3-7H,2H2,1H3,(H,16,17,19). The highest BCUT2D eigenvalue weighted by Gasteiger charge is 2.20. The Bertz CT molecular complexity index is 726. The molecule has 0 aliphatic heterocycles. The van der Waals surface area contributed by atoms with Crippen LogP contribution in [0.25, 0.3) is 0 Å². The number of nitrogens with zero attached hydrogens (tertiary/aromatic N) is 3. The van der Waals surface area contributed by atoms with Gasteiger partial charge in [0.2, 0.25) is 5.82 Å². The summed E-state index contributed by atoms with van der Waals surface area (Å²) in [6.45, 7) is 1.93. The van der Waals surface area contributed by atoms with Gasteiger partial charge < -0.3 is 5.32 Å². The van der Waals surface area contributed by atoms with E-state index in [-0.39, 0.29) is 22.2 Å². The Morgan fingerprint density at radius 3 is 2.86 bits per heavy atom. The van der Waals surface area contributed by atoms with Crippen molar-refractivity contribution in [3.63, 3.8) is 0 Å². The van der Waals surface area contributed by atoms with E-state index in [0.29, 0.717) is 5.03 Å². The molecule has 1 N–H and O–H groups in total. The van der Waals surface area contributed by atoms with Crippen molar-refractivity contribution in [1.29, 1.82) is 0 Å². The van der Waals surface area contributed by atoms with Crippen molar-refractivity contribution >= 4 is 40.8 Å². The van der Waals surface area contributed by atoms with Gasteiger partial charge in [-0.15, -0.1) is 11.8 Å². The molecule has 0 bridgehead atoms. The Labute approximate surface area is 135 Å². The highest BCUT2D eigenvalue weighted by molar-refractivity contribution is 7.99. The fourth-order valence-electron chi connectivity index (χ4n) is 1.63. The van der Waals surface area contributed by atoms with Gasteiger partial charge in [0.1, 0.15) is 5.15 Å². The second kappa shape index (κ2) is 7.19. The van der Waals surface area contributed by atoms with Crippen LogP contribution in [-0.4, -0.2) is 26.6 Å². The molecule has 2 aromatic rings. The van der Waals surface area contributed by atoms with Crippen LogP contribution in [-0.2, 0) is 0 Å². The van der Waals surface area contributed by atoms with Crippen LogP contribution in [0.3, 0.4) is 0 Å². The summed E-state index contributed by atoms with van der Waals surface area (Å²) in [4.78, 5) is 30.5. The molecule has 2 heterocycles. The molecule has 22 heavy (non-hydrogen) atoms. The lowest BCUT2D eigenvalue weighted by molar-refractivity contribution is -0.384. The first-order valence-corrected chi connectivity index (χ1v) is 7.59. The smallest absolute Gasteiger partial charge is 0.301 e. The van der Waals surface area contributed by atoms with Gasteiger partial charge in [-0.2, -0.15) is 0 Å². The molecule has 114 valence electrons. The van der Waals surface area contributed by atoms with E-state index in [1.165, 1.54) is 30.1 Å². The van der Waals surface area contributed by atoms with Gasteiger partial charge in [0.25, 0.3) is 5.91 Å². The van der Waals surface area contributed by atoms with Crippen LogP contribution < -0.4 is 5.32 Å². The van der Waals surface area contributed by atoms with Crippen LogP contribution in [0.5, 0.6) is 0 Å². The Morgan fingerprint density at radius 2 is 2.23 bits per heavy atom. The number of nitro groups is 1. The van der Waals surface area contributed by atoms with E-state index >= 15 is 0 Å². The average molecular weight is 339 g/mol. The molecule has 0 saturated carbocycles. The molecule has 2 aromatic heterocycles. The molecule has 0 radical (unpaired) electrons. The van der Waals surface area contributed by atoms with E-state index in [2.05, 4.69) is 15.3 Å². The third-order valence-corrected chi connectivity index (χ3v) is 3.69. The zero-order chi connectivity index (χ0) is 16.1. The molecule has 1 amide bonds. The number of hydrogen-bond acceptors (Lipinski definition) is 6. The number of carbonyl (C=O) groups is 1. The SMILES string of the molecule is CCSc1ccc([N+](=O)[O-])c(NC(=O)c2cccnc2Cl)n1. The molecule has 0 aromatic carbocycles. The summed E-state index contributed by atoms with van der Waals surface area (Å²) in [6.07, 6.45) is 1.44. The van der Waals surface area contributed by atoms with Crippen molar-refractivity contribution in [1.82, 2.24) is 9.97 Å². The Morgan fingerprint density at radius 1 is 1.45 bits per heavy atom. The molecule has 0 fully saturated rings. The van der Waals surface area contributed by atoms with Crippen LogP contribution in [0.2, 0.25) is 5.15 Å². The first kappa shape index (κ1) is 16.2. The van der Waals surface area contributed by atoms with Gasteiger partial charge in [0, 0.05) is 12.3 Å². The lowest BCUT2D eigenvalue weighted by Crippen LogP contribution is -2.15. The largest absolute Gasteiger partial charge is 0.311 e. The van der Waals surface area contributed by atoms with Crippen LogP contribution in [0.4, 0.5) is 11.5 Å². The van der Waals surface area contributed by atoms with Gasteiger partial charge in [0.15, 0.2) is 0 Å². The fraction of sp³-hybridized carbons (Fsp3) is 0.154. The van der Waals surface area contributed by atoms with Crippen LogP contribution in [0, 0.1) is 10.1 Å². The number of anilines is 1. The maximum absolute atomic E-state index is 12.2. The second-order valence-electron chi connectivity index (χ2n) is 4.00. The molecule has 0 atom stereocenters. The van der Waals surface area contributed by atoms with Crippen LogP contribution >= 0.6 is 23.4 Å². The van der Waals surface area contributed by atoms with E-state index in [9.17, 15) is 14.9 Å². The van der Waals surface area contributed by atoms with Gasteiger partial charge in [-0.05, 0) is 24.0 Å². The first-order valence-electron chi connectivity index (χ1n) is 6.23. The Kier molecular flexibility index (Phi) is 5.29. The zero-order valence-electron chi connectivity index (χ0n) is 11.4. The quantitative estimate of drug-likeness (QED) is 0.388. The molecule has 9 heteroatoms. The number of carbonyl (C=O) groups excluding carboxylic acids is 1. The third-order valence-electron chi connectivity index (χ3n) is 2.57. The number of rotatable bonds is 5. The molecular weight excluding hydrogens is 328 g/mol. The number of nitrogens with one attached hydrogen (secondary N) is 1. The number of pyridine rings is 2. The minimum atomic E-state index is -0.604. The lowest BCUT2D eigenvalue weighted by Gasteiger charge is -2.07. The van der Waals surface area contributed by atoms with Gasteiger partial charge >= 0.3 is 5.69 Å². The summed E-state index contributed by atoms with van der Waals surface area (Å²) in [5.41, 5.74) is -0.164. The van der Waals surface area contributed by atoms with Crippen LogP contribution in [0.15, 0.2) is 35.5 Å². The summed E-state index contributed by atoms with van der Waals surface area (Å²) in [5.74, 6) is 0.0350. The monoisotopic (exact) mass is 338 g/mol. The topological polar surface area (TPSA) is 98.0 Å². The van der Waals surface area contributed by atoms with Gasteiger partial charge in [-0.3, -0.25) is 14.9 Å². The van der Waals surface area contributed by atoms with E-state index < -0.39 is 10.8 Å².